The van der Waals surface area contributed by atoms with Crippen LogP contribution in [0.5, 0.6) is 17.2 Å². The molecular formula is C26H28O5. The second-order valence-electron chi connectivity index (χ2n) is 7.78. The highest BCUT2D eigenvalue weighted by Gasteiger charge is 2.21. The van der Waals surface area contributed by atoms with Crippen molar-refractivity contribution in [2.75, 3.05) is 14.2 Å². The minimum Gasteiger partial charge on any atom is -0.497 e. The van der Waals surface area contributed by atoms with Gasteiger partial charge in [-0.1, -0.05) is 32.0 Å². The highest BCUT2D eigenvalue weighted by Crippen LogP contribution is 2.32. The second kappa shape index (κ2) is 10.1. The van der Waals surface area contributed by atoms with Gasteiger partial charge in [-0.05, 0) is 66.8 Å². The molecule has 162 valence electrons. The van der Waals surface area contributed by atoms with Gasteiger partial charge in [0.25, 0.3) is 0 Å². The normalized spacial score (nSPS) is 16.6. The molecule has 0 N–H and O–H groups in total. The van der Waals surface area contributed by atoms with E-state index in [4.69, 9.17) is 14.2 Å². The van der Waals surface area contributed by atoms with E-state index in [2.05, 4.69) is 0 Å². The average molecular weight is 421 g/mol. The number of hydrogen-bond acceptors (Lipinski definition) is 5. The van der Waals surface area contributed by atoms with Crippen molar-refractivity contribution < 1.29 is 23.8 Å². The third-order valence-corrected chi connectivity index (χ3v) is 5.12. The van der Waals surface area contributed by atoms with E-state index in [0.29, 0.717) is 11.5 Å². The van der Waals surface area contributed by atoms with Gasteiger partial charge in [-0.3, -0.25) is 9.59 Å². The molecule has 0 saturated heterocycles. The lowest BCUT2D eigenvalue weighted by Gasteiger charge is -2.17. The Kier molecular flexibility index (Phi) is 7.29. The summed E-state index contributed by atoms with van der Waals surface area (Å²) < 4.78 is 16.1. The number of allylic oxidation sites excluding steroid dienone is 2. The van der Waals surface area contributed by atoms with E-state index in [9.17, 15) is 9.59 Å². The molecule has 0 unspecified atom stereocenters. The van der Waals surface area contributed by atoms with Gasteiger partial charge in [0, 0.05) is 11.1 Å². The summed E-state index contributed by atoms with van der Waals surface area (Å²) in [5, 5.41) is 0. The highest BCUT2D eigenvalue weighted by molar-refractivity contribution is 6.14. The standard InChI is InChI=1S/C26H28O5/c1-17(2)26(28)31-23-12-11-19(16-24(23)30-4)14-21-9-6-8-20(25(21)27)13-18-7-5-10-22(15-18)29-3/h5,7,10-17H,6,8-9H2,1-4H3/b20-13+,21-14-. The smallest absolute Gasteiger partial charge is 0.313 e. The number of esters is 1. The molecule has 0 spiro atoms. The molecule has 0 atom stereocenters. The molecule has 1 aliphatic carbocycles. The number of rotatable bonds is 6. The van der Waals surface area contributed by atoms with Crippen molar-refractivity contribution >= 4 is 23.9 Å². The predicted molar refractivity (Wildman–Crippen MR) is 121 cm³/mol. The Morgan fingerprint density at radius 1 is 0.903 bits per heavy atom. The molecule has 0 aromatic heterocycles. The van der Waals surface area contributed by atoms with Crippen LogP contribution in [0.2, 0.25) is 0 Å². The van der Waals surface area contributed by atoms with E-state index in [1.807, 2.05) is 42.5 Å². The molecule has 5 heteroatoms. The Morgan fingerprint density at radius 2 is 1.58 bits per heavy atom. The molecule has 1 fully saturated rings. The number of Topliss-reactive ketones (excluding diaryl/α,β-unsaturated/α-hetero) is 1. The Balaban J connectivity index is 1.84. The van der Waals surface area contributed by atoms with Crippen LogP contribution >= 0.6 is 0 Å². The summed E-state index contributed by atoms with van der Waals surface area (Å²) in [6.45, 7) is 3.55. The number of hydrogen-bond donors (Lipinski definition) is 0. The number of ketones is 1. The largest absolute Gasteiger partial charge is 0.497 e. The summed E-state index contributed by atoms with van der Waals surface area (Å²) in [6.07, 6.45) is 6.21. The van der Waals surface area contributed by atoms with Crippen LogP contribution < -0.4 is 14.2 Å². The van der Waals surface area contributed by atoms with Crippen LogP contribution in [0.4, 0.5) is 0 Å². The number of carbonyl (C=O) groups excluding carboxylic acids is 2. The van der Waals surface area contributed by atoms with Crippen LogP contribution in [-0.4, -0.2) is 26.0 Å². The molecule has 1 saturated carbocycles. The van der Waals surface area contributed by atoms with E-state index in [1.165, 1.54) is 7.11 Å². The van der Waals surface area contributed by atoms with Crippen LogP contribution in [0.1, 0.15) is 44.2 Å². The summed E-state index contributed by atoms with van der Waals surface area (Å²) in [4.78, 5) is 25.0. The van der Waals surface area contributed by atoms with Gasteiger partial charge in [-0.25, -0.2) is 0 Å². The van der Waals surface area contributed by atoms with Crippen LogP contribution in [0.15, 0.2) is 53.6 Å². The van der Waals surface area contributed by atoms with E-state index >= 15 is 0 Å². The summed E-state index contributed by atoms with van der Waals surface area (Å²) in [5.74, 6) is 1.10. The van der Waals surface area contributed by atoms with Crippen molar-refractivity contribution in [1.82, 2.24) is 0 Å². The molecule has 0 radical (unpaired) electrons. The van der Waals surface area contributed by atoms with Crippen LogP contribution in [0.3, 0.4) is 0 Å². The van der Waals surface area contributed by atoms with Gasteiger partial charge in [0.1, 0.15) is 5.75 Å². The first kappa shape index (κ1) is 22.3. The van der Waals surface area contributed by atoms with E-state index < -0.39 is 0 Å². The molecule has 31 heavy (non-hydrogen) atoms. The van der Waals surface area contributed by atoms with Gasteiger partial charge in [0.05, 0.1) is 20.1 Å². The third-order valence-electron chi connectivity index (χ3n) is 5.12. The van der Waals surface area contributed by atoms with Crippen molar-refractivity contribution in [3.8, 4) is 17.2 Å². The van der Waals surface area contributed by atoms with Crippen molar-refractivity contribution in [3.05, 3.63) is 64.7 Å². The molecule has 5 nitrogen and oxygen atoms in total. The number of benzene rings is 2. The Labute approximate surface area is 183 Å². The quantitative estimate of drug-likeness (QED) is 0.352. The molecule has 0 aliphatic heterocycles. The van der Waals surface area contributed by atoms with Gasteiger partial charge < -0.3 is 14.2 Å². The number of methoxy groups -OCH3 is 2. The lowest BCUT2D eigenvalue weighted by atomic mass is 9.87. The molecular weight excluding hydrogens is 392 g/mol. The second-order valence-corrected chi connectivity index (χ2v) is 7.78. The van der Waals surface area contributed by atoms with E-state index in [0.717, 1.165) is 47.3 Å². The van der Waals surface area contributed by atoms with Crippen LogP contribution in [-0.2, 0) is 9.59 Å². The zero-order valence-electron chi connectivity index (χ0n) is 18.4. The molecule has 3 rings (SSSR count). The van der Waals surface area contributed by atoms with Crippen molar-refractivity contribution in [2.24, 2.45) is 5.92 Å². The van der Waals surface area contributed by atoms with Crippen molar-refractivity contribution in [3.63, 3.8) is 0 Å². The van der Waals surface area contributed by atoms with Crippen LogP contribution in [0.25, 0.3) is 12.2 Å². The number of carbonyl (C=O) groups is 2. The maximum absolute atomic E-state index is 13.1. The minimum absolute atomic E-state index is 0.0587. The van der Waals surface area contributed by atoms with Crippen molar-refractivity contribution in [1.29, 1.82) is 0 Å². The average Bonchev–Trinajstić information content (AvgIpc) is 2.77. The first-order chi connectivity index (χ1) is 14.9. The zero-order chi connectivity index (χ0) is 22.4. The number of ether oxygens (including phenoxy) is 3. The molecule has 1 aliphatic rings. The summed E-state index contributed by atoms with van der Waals surface area (Å²) in [5.41, 5.74) is 3.32. The predicted octanol–water partition coefficient (Wildman–Crippen LogP) is 5.49. The maximum Gasteiger partial charge on any atom is 0.313 e. The SMILES string of the molecule is COc1cccc(/C=C2\CCC/C(=C/c3ccc(OC(=O)C(C)C)c(OC)c3)C2=O)c1. The van der Waals surface area contributed by atoms with Gasteiger partial charge >= 0.3 is 5.97 Å². The molecule has 0 heterocycles. The monoisotopic (exact) mass is 420 g/mol. The molecule has 2 aromatic rings. The first-order valence-corrected chi connectivity index (χ1v) is 10.4. The van der Waals surface area contributed by atoms with Gasteiger partial charge in [0.2, 0.25) is 0 Å². The topological polar surface area (TPSA) is 61.8 Å². The summed E-state index contributed by atoms with van der Waals surface area (Å²) >= 11 is 0. The Bertz CT molecular complexity index is 1030. The van der Waals surface area contributed by atoms with E-state index in [-0.39, 0.29) is 17.7 Å². The zero-order valence-corrected chi connectivity index (χ0v) is 18.4. The van der Waals surface area contributed by atoms with Crippen LogP contribution in [0, 0.1) is 5.92 Å². The van der Waals surface area contributed by atoms with Gasteiger partial charge in [0.15, 0.2) is 17.3 Å². The maximum atomic E-state index is 13.1. The third kappa shape index (κ3) is 5.63. The highest BCUT2D eigenvalue weighted by atomic mass is 16.6. The van der Waals surface area contributed by atoms with Gasteiger partial charge in [-0.15, -0.1) is 0 Å². The lowest BCUT2D eigenvalue weighted by Crippen LogP contribution is -2.15. The molecule has 2 aromatic carbocycles. The minimum atomic E-state index is -0.320. The Hall–Kier alpha value is -3.34. The summed E-state index contributed by atoms with van der Waals surface area (Å²) in [6, 6.07) is 13.0. The fourth-order valence-corrected chi connectivity index (χ4v) is 3.40. The fraction of sp³-hybridized carbons (Fsp3) is 0.308. The molecule has 0 bridgehead atoms. The fourth-order valence-electron chi connectivity index (χ4n) is 3.40. The van der Waals surface area contributed by atoms with Crippen molar-refractivity contribution in [2.45, 2.75) is 33.1 Å². The Morgan fingerprint density at radius 3 is 2.19 bits per heavy atom. The van der Waals surface area contributed by atoms with Gasteiger partial charge in [-0.2, -0.15) is 0 Å². The first-order valence-electron chi connectivity index (χ1n) is 10.4. The lowest BCUT2D eigenvalue weighted by molar-refractivity contribution is -0.137. The van der Waals surface area contributed by atoms with E-state index in [1.54, 1.807) is 33.1 Å². The summed E-state index contributed by atoms with van der Waals surface area (Å²) in [7, 11) is 3.15. The molecule has 0 amide bonds.